The van der Waals surface area contributed by atoms with Crippen LogP contribution in [0.5, 0.6) is 11.6 Å². The highest BCUT2D eigenvalue weighted by atomic mass is 16.5. The Hall–Kier alpha value is -3.41. The third kappa shape index (κ3) is 5.04. The van der Waals surface area contributed by atoms with Gasteiger partial charge in [-0.3, -0.25) is 0 Å². The molecular weight excluding hydrogens is 344 g/mol. The highest BCUT2D eigenvalue weighted by Crippen LogP contribution is 2.19. The average Bonchev–Trinajstić information content (AvgIpc) is 2.72. The average molecular weight is 364 g/mol. The second kappa shape index (κ2) is 8.80. The lowest BCUT2D eigenvalue weighted by atomic mass is 10.1. The van der Waals surface area contributed by atoms with Gasteiger partial charge in [-0.25, -0.2) is 14.8 Å². The predicted molar refractivity (Wildman–Crippen MR) is 99.7 cm³/mol. The summed E-state index contributed by atoms with van der Waals surface area (Å²) < 4.78 is 16.1. The molecule has 0 aliphatic carbocycles. The maximum absolute atomic E-state index is 12.1. The number of aryl methyl sites for hydroxylation is 1. The molecule has 0 N–H and O–H groups in total. The van der Waals surface area contributed by atoms with Crippen LogP contribution < -0.4 is 9.47 Å². The Balaban J connectivity index is 1.54. The van der Waals surface area contributed by atoms with Gasteiger partial charge in [-0.05, 0) is 29.7 Å². The van der Waals surface area contributed by atoms with Gasteiger partial charge in [-0.2, -0.15) is 0 Å². The number of rotatable bonds is 7. The van der Waals surface area contributed by atoms with E-state index in [0.29, 0.717) is 12.5 Å². The fraction of sp³-hybridized carbons (Fsp3) is 0.190. The van der Waals surface area contributed by atoms with Gasteiger partial charge in [0.05, 0.1) is 19.5 Å². The number of esters is 1. The summed E-state index contributed by atoms with van der Waals surface area (Å²) in [7, 11) is 1.61. The van der Waals surface area contributed by atoms with Crippen LogP contribution in [0.3, 0.4) is 0 Å². The predicted octanol–water partition coefficient (Wildman–Crippen LogP) is 3.73. The second-order valence-electron chi connectivity index (χ2n) is 5.89. The SMILES string of the molecule is COc1cc(COC(=O)c2cnc(OCc3ccccc3)cn2)ccc1C. The number of nitrogens with zero attached hydrogens (tertiary/aromatic N) is 2. The molecule has 0 saturated heterocycles. The quantitative estimate of drug-likeness (QED) is 0.595. The zero-order valence-corrected chi connectivity index (χ0v) is 15.2. The van der Waals surface area contributed by atoms with Crippen molar-refractivity contribution in [1.82, 2.24) is 9.97 Å². The summed E-state index contributed by atoms with van der Waals surface area (Å²) in [6.07, 6.45) is 2.76. The summed E-state index contributed by atoms with van der Waals surface area (Å²) in [4.78, 5) is 20.3. The number of carbonyl (C=O) groups is 1. The van der Waals surface area contributed by atoms with Gasteiger partial charge in [0.2, 0.25) is 5.88 Å². The molecule has 0 fully saturated rings. The van der Waals surface area contributed by atoms with Crippen LogP contribution in [0.25, 0.3) is 0 Å². The summed E-state index contributed by atoms with van der Waals surface area (Å²) in [5.74, 6) is 0.554. The van der Waals surface area contributed by atoms with Crippen molar-refractivity contribution in [3.63, 3.8) is 0 Å². The van der Waals surface area contributed by atoms with Crippen LogP contribution in [0.1, 0.15) is 27.2 Å². The Morgan fingerprint density at radius 2 is 1.78 bits per heavy atom. The summed E-state index contributed by atoms with van der Waals surface area (Å²) >= 11 is 0. The fourth-order valence-corrected chi connectivity index (χ4v) is 2.40. The van der Waals surface area contributed by atoms with Crippen LogP contribution in [0.2, 0.25) is 0 Å². The monoisotopic (exact) mass is 364 g/mol. The van der Waals surface area contributed by atoms with E-state index >= 15 is 0 Å². The number of ether oxygens (including phenoxy) is 3. The zero-order valence-electron chi connectivity index (χ0n) is 15.2. The molecule has 2 aromatic carbocycles. The Morgan fingerprint density at radius 1 is 0.963 bits per heavy atom. The van der Waals surface area contributed by atoms with E-state index < -0.39 is 5.97 Å². The topological polar surface area (TPSA) is 70.5 Å². The molecule has 6 heteroatoms. The van der Waals surface area contributed by atoms with Gasteiger partial charge in [0.1, 0.15) is 19.0 Å². The van der Waals surface area contributed by atoms with E-state index in [9.17, 15) is 4.79 Å². The number of aromatic nitrogens is 2. The van der Waals surface area contributed by atoms with Crippen LogP contribution in [0.4, 0.5) is 0 Å². The summed E-state index contributed by atoms with van der Waals surface area (Å²) in [5, 5.41) is 0. The number of hydrogen-bond donors (Lipinski definition) is 0. The van der Waals surface area contributed by atoms with Gasteiger partial charge in [-0.15, -0.1) is 0 Å². The summed E-state index contributed by atoms with van der Waals surface area (Å²) in [6, 6.07) is 15.4. The summed E-state index contributed by atoms with van der Waals surface area (Å²) in [5.41, 5.74) is 3.00. The van der Waals surface area contributed by atoms with E-state index in [2.05, 4.69) is 9.97 Å². The van der Waals surface area contributed by atoms with Crippen LogP contribution in [-0.4, -0.2) is 23.0 Å². The maximum Gasteiger partial charge on any atom is 0.358 e. The highest BCUT2D eigenvalue weighted by molar-refractivity contribution is 5.86. The molecule has 0 bridgehead atoms. The molecule has 1 heterocycles. The van der Waals surface area contributed by atoms with Gasteiger partial charge in [0.25, 0.3) is 0 Å². The Kier molecular flexibility index (Phi) is 5.99. The minimum absolute atomic E-state index is 0.126. The molecule has 0 unspecified atom stereocenters. The van der Waals surface area contributed by atoms with Crippen molar-refractivity contribution >= 4 is 5.97 Å². The van der Waals surface area contributed by atoms with E-state index in [1.165, 1.54) is 12.4 Å². The normalized spacial score (nSPS) is 10.3. The lowest BCUT2D eigenvalue weighted by Crippen LogP contribution is -2.08. The molecule has 0 spiro atoms. The van der Waals surface area contributed by atoms with Crippen molar-refractivity contribution in [2.75, 3.05) is 7.11 Å². The third-order valence-electron chi connectivity index (χ3n) is 3.91. The van der Waals surface area contributed by atoms with Crippen LogP contribution in [-0.2, 0) is 18.0 Å². The van der Waals surface area contributed by atoms with Crippen molar-refractivity contribution in [1.29, 1.82) is 0 Å². The minimum atomic E-state index is -0.545. The lowest BCUT2D eigenvalue weighted by molar-refractivity contribution is 0.0464. The Labute approximate surface area is 157 Å². The van der Waals surface area contributed by atoms with Crippen molar-refractivity contribution in [2.24, 2.45) is 0 Å². The van der Waals surface area contributed by atoms with E-state index in [4.69, 9.17) is 14.2 Å². The van der Waals surface area contributed by atoms with Gasteiger partial charge < -0.3 is 14.2 Å². The fourth-order valence-electron chi connectivity index (χ4n) is 2.40. The van der Waals surface area contributed by atoms with E-state index in [-0.39, 0.29) is 12.3 Å². The molecule has 27 heavy (non-hydrogen) atoms. The molecule has 3 aromatic rings. The van der Waals surface area contributed by atoms with E-state index in [1.807, 2.05) is 55.5 Å². The van der Waals surface area contributed by atoms with Crippen molar-refractivity contribution in [3.8, 4) is 11.6 Å². The molecule has 0 atom stereocenters. The van der Waals surface area contributed by atoms with E-state index in [0.717, 1.165) is 22.4 Å². The second-order valence-corrected chi connectivity index (χ2v) is 5.89. The van der Waals surface area contributed by atoms with Gasteiger partial charge >= 0.3 is 5.97 Å². The molecule has 6 nitrogen and oxygen atoms in total. The van der Waals surface area contributed by atoms with Crippen molar-refractivity contribution < 1.29 is 19.0 Å². The first-order valence-corrected chi connectivity index (χ1v) is 8.45. The maximum atomic E-state index is 12.1. The van der Waals surface area contributed by atoms with Crippen molar-refractivity contribution in [3.05, 3.63) is 83.3 Å². The Morgan fingerprint density at radius 3 is 2.48 bits per heavy atom. The standard InChI is InChI=1S/C21H20N2O4/c1-15-8-9-17(10-19(15)25-2)14-27-21(24)18-11-23-20(12-22-18)26-13-16-6-4-3-5-7-16/h3-12H,13-14H2,1-2H3. The molecular formula is C21H20N2O4. The van der Waals surface area contributed by atoms with Crippen LogP contribution in [0, 0.1) is 6.92 Å². The molecule has 138 valence electrons. The lowest BCUT2D eigenvalue weighted by Gasteiger charge is -2.09. The zero-order chi connectivity index (χ0) is 19.1. The number of carbonyl (C=O) groups excluding carboxylic acids is 1. The molecule has 0 saturated carbocycles. The third-order valence-corrected chi connectivity index (χ3v) is 3.91. The molecule has 0 aliphatic rings. The van der Waals surface area contributed by atoms with Gasteiger partial charge in [0.15, 0.2) is 5.69 Å². The van der Waals surface area contributed by atoms with Gasteiger partial charge in [0, 0.05) is 0 Å². The first kappa shape index (κ1) is 18.4. The van der Waals surface area contributed by atoms with Crippen molar-refractivity contribution in [2.45, 2.75) is 20.1 Å². The Bertz CT molecular complexity index is 896. The first-order valence-electron chi connectivity index (χ1n) is 8.45. The van der Waals surface area contributed by atoms with E-state index in [1.54, 1.807) is 7.11 Å². The van der Waals surface area contributed by atoms with Crippen LogP contribution in [0.15, 0.2) is 60.9 Å². The number of hydrogen-bond acceptors (Lipinski definition) is 6. The molecule has 0 radical (unpaired) electrons. The largest absolute Gasteiger partial charge is 0.496 e. The molecule has 3 rings (SSSR count). The summed E-state index contributed by atoms with van der Waals surface area (Å²) in [6.45, 7) is 2.46. The molecule has 1 aromatic heterocycles. The minimum Gasteiger partial charge on any atom is -0.496 e. The van der Waals surface area contributed by atoms with Crippen LogP contribution >= 0.6 is 0 Å². The number of benzene rings is 2. The molecule has 0 amide bonds. The highest BCUT2D eigenvalue weighted by Gasteiger charge is 2.11. The smallest absolute Gasteiger partial charge is 0.358 e. The van der Waals surface area contributed by atoms with Gasteiger partial charge in [-0.1, -0.05) is 42.5 Å². The number of methoxy groups -OCH3 is 1. The first-order chi connectivity index (χ1) is 13.2. The molecule has 0 aliphatic heterocycles.